The molecule has 20 heavy (non-hydrogen) atoms. The number of nitrogens with one attached hydrogen (secondary N) is 1. The zero-order valence-electron chi connectivity index (χ0n) is 11.4. The van der Waals surface area contributed by atoms with E-state index in [4.69, 9.17) is 4.74 Å². The third-order valence-corrected chi connectivity index (χ3v) is 3.70. The van der Waals surface area contributed by atoms with Crippen LogP contribution in [0.5, 0.6) is 0 Å². The molecule has 0 aliphatic heterocycles. The van der Waals surface area contributed by atoms with Crippen molar-refractivity contribution in [1.29, 1.82) is 0 Å². The van der Waals surface area contributed by atoms with Gasteiger partial charge in [-0.3, -0.25) is 9.59 Å². The zero-order chi connectivity index (χ0) is 14.5. The summed E-state index contributed by atoms with van der Waals surface area (Å²) in [5.74, 6) is -0.793. The van der Waals surface area contributed by atoms with Crippen LogP contribution in [0, 0.1) is 11.7 Å². The Balaban J connectivity index is 1.85. The van der Waals surface area contributed by atoms with Gasteiger partial charge in [-0.1, -0.05) is 0 Å². The van der Waals surface area contributed by atoms with Crippen LogP contribution in [0.2, 0.25) is 0 Å². The highest BCUT2D eigenvalue weighted by atomic mass is 19.1. The first kappa shape index (κ1) is 14.5. The third kappa shape index (κ3) is 3.56. The molecule has 0 aromatic heterocycles. The van der Waals surface area contributed by atoms with Gasteiger partial charge in [-0.15, -0.1) is 0 Å². The van der Waals surface area contributed by atoms with Crippen LogP contribution < -0.4 is 5.32 Å². The van der Waals surface area contributed by atoms with Crippen LogP contribution in [0.1, 0.15) is 36.0 Å². The van der Waals surface area contributed by atoms with E-state index in [1.807, 2.05) is 0 Å². The van der Waals surface area contributed by atoms with Gasteiger partial charge in [-0.05, 0) is 49.9 Å². The first-order valence-corrected chi connectivity index (χ1v) is 6.74. The van der Waals surface area contributed by atoms with Crippen LogP contribution in [0.15, 0.2) is 24.3 Å². The second kappa shape index (κ2) is 6.50. The summed E-state index contributed by atoms with van der Waals surface area (Å²) in [7, 11) is 1.39. The Bertz CT molecular complexity index is 478. The van der Waals surface area contributed by atoms with Crippen LogP contribution in [-0.4, -0.2) is 25.0 Å². The van der Waals surface area contributed by atoms with E-state index in [-0.39, 0.29) is 29.7 Å². The van der Waals surface area contributed by atoms with Crippen molar-refractivity contribution in [2.45, 2.75) is 31.7 Å². The fourth-order valence-corrected chi connectivity index (χ4v) is 2.51. The molecule has 0 radical (unpaired) electrons. The highest BCUT2D eigenvalue weighted by Crippen LogP contribution is 2.25. The quantitative estimate of drug-likeness (QED) is 0.864. The maximum atomic E-state index is 12.8. The van der Waals surface area contributed by atoms with Crippen molar-refractivity contribution in [1.82, 2.24) is 5.32 Å². The van der Waals surface area contributed by atoms with Crippen LogP contribution in [-0.2, 0) is 9.53 Å². The van der Waals surface area contributed by atoms with Crippen LogP contribution >= 0.6 is 0 Å². The number of hydrogen-bond donors (Lipinski definition) is 1. The lowest BCUT2D eigenvalue weighted by Gasteiger charge is -2.27. The molecule has 0 atom stereocenters. The molecule has 1 aromatic carbocycles. The fraction of sp³-hybridized carbons (Fsp3) is 0.467. The average molecular weight is 279 g/mol. The molecule has 0 saturated heterocycles. The van der Waals surface area contributed by atoms with E-state index < -0.39 is 0 Å². The molecule has 0 spiro atoms. The number of methoxy groups -OCH3 is 1. The summed E-state index contributed by atoms with van der Waals surface area (Å²) >= 11 is 0. The van der Waals surface area contributed by atoms with Gasteiger partial charge in [0.2, 0.25) is 0 Å². The minimum atomic E-state index is -0.361. The highest BCUT2D eigenvalue weighted by molar-refractivity contribution is 5.94. The Morgan fingerprint density at radius 3 is 2.30 bits per heavy atom. The molecule has 1 amide bonds. The fourth-order valence-electron chi connectivity index (χ4n) is 2.51. The Morgan fingerprint density at radius 2 is 1.75 bits per heavy atom. The van der Waals surface area contributed by atoms with Gasteiger partial charge in [0.05, 0.1) is 13.0 Å². The van der Waals surface area contributed by atoms with Gasteiger partial charge in [0, 0.05) is 11.6 Å². The Morgan fingerprint density at radius 1 is 1.15 bits per heavy atom. The zero-order valence-corrected chi connectivity index (χ0v) is 11.4. The number of benzene rings is 1. The molecule has 0 unspecified atom stereocenters. The molecule has 4 nitrogen and oxygen atoms in total. The molecule has 0 bridgehead atoms. The molecule has 0 heterocycles. The van der Waals surface area contributed by atoms with Crippen molar-refractivity contribution in [3.8, 4) is 0 Å². The monoisotopic (exact) mass is 279 g/mol. The van der Waals surface area contributed by atoms with Gasteiger partial charge in [-0.25, -0.2) is 4.39 Å². The second-order valence-corrected chi connectivity index (χ2v) is 5.05. The molecule has 2 rings (SSSR count). The predicted molar refractivity (Wildman–Crippen MR) is 71.6 cm³/mol. The maximum absolute atomic E-state index is 12.8. The minimum Gasteiger partial charge on any atom is -0.469 e. The number of rotatable bonds is 3. The molecular weight excluding hydrogens is 261 g/mol. The van der Waals surface area contributed by atoms with E-state index >= 15 is 0 Å². The second-order valence-electron chi connectivity index (χ2n) is 5.05. The smallest absolute Gasteiger partial charge is 0.308 e. The van der Waals surface area contributed by atoms with Crippen molar-refractivity contribution in [2.75, 3.05) is 7.11 Å². The summed E-state index contributed by atoms with van der Waals surface area (Å²) in [5.41, 5.74) is 0.446. The number of hydrogen-bond acceptors (Lipinski definition) is 3. The summed E-state index contributed by atoms with van der Waals surface area (Å²) in [6.07, 6.45) is 2.96. The molecule has 1 aromatic rings. The number of esters is 1. The number of amides is 1. The van der Waals surface area contributed by atoms with Crippen molar-refractivity contribution >= 4 is 11.9 Å². The van der Waals surface area contributed by atoms with Crippen LogP contribution in [0.25, 0.3) is 0 Å². The lowest BCUT2D eigenvalue weighted by atomic mass is 9.86. The van der Waals surface area contributed by atoms with E-state index in [0.29, 0.717) is 5.56 Å². The van der Waals surface area contributed by atoms with Gasteiger partial charge < -0.3 is 10.1 Å². The summed E-state index contributed by atoms with van der Waals surface area (Å²) < 4.78 is 17.5. The number of carbonyl (C=O) groups is 2. The first-order chi connectivity index (χ1) is 9.60. The van der Waals surface area contributed by atoms with Gasteiger partial charge in [0.15, 0.2) is 0 Å². The third-order valence-electron chi connectivity index (χ3n) is 3.70. The topological polar surface area (TPSA) is 55.4 Å². The Labute approximate surface area is 117 Å². The highest BCUT2D eigenvalue weighted by Gasteiger charge is 2.27. The average Bonchev–Trinajstić information content (AvgIpc) is 2.48. The minimum absolute atomic E-state index is 0.0565. The molecule has 1 aliphatic carbocycles. The van der Waals surface area contributed by atoms with Crippen molar-refractivity contribution in [3.05, 3.63) is 35.6 Å². The molecule has 1 fully saturated rings. The Hall–Kier alpha value is -1.91. The largest absolute Gasteiger partial charge is 0.469 e. The predicted octanol–water partition coefficient (Wildman–Crippen LogP) is 2.29. The van der Waals surface area contributed by atoms with Crippen LogP contribution in [0.3, 0.4) is 0 Å². The van der Waals surface area contributed by atoms with Crippen LogP contribution in [0.4, 0.5) is 4.39 Å². The van der Waals surface area contributed by atoms with Crippen molar-refractivity contribution in [3.63, 3.8) is 0 Å². The molecule has 1 aliphatic rings. The van der Waals surface area contributed by atoms with Crippen molar-refractivity contribution < 1.29 is 18.7 Å². The Kier molecular flexibility index (Phi) is 4.71. The SMILES string of the molecule is COC(=O)C1CCC(NC(=O)c2ccc(F)cc2)CC1. The van der Waals surface area contributed by atoms with Gasteiger partial charge in [0.1, 0.15) is 5.82 Å². The maximum Gasteiger partial charge on any atom is 0.308 e. The summed E-state index contributed by atoms with van der Waals surface area (Å²) in [4.78, 5) is 23.4. The van der Waals surface area contributed by atoms with Gasteiger partial charge >= 0.3 is 5.97 Å². The first-order valence-electron chi connectivity index (χ1n) is 6.74. The molecular formula is C15H18FNO3. The molecule has 1 saturated carbocycles. The number of halogens is 1. The van der Waals surface area contributed by atoms with E-state index in [1.54, 1.807) is 0 Å². The summed E-state index contributed by atoms with van der Waals surface area (Å²) in [5, 5.41) is 2.92. The lowest BCUT2D eigenvalue weighted by molar-refractivity contribution is -0.146. The number of ether oxygens (including phenoxy) is 1. The van der Waals surface area contributed by atoms with Gasteiger partial charge in [0.25, 0.3) is 5.91 Å². The van der Waals surface area contributed by atoms with E-state index in [0.717, 1.165) is 25.7 Å². The van der Waals surface area contributed by atoms with E-state index in [2.05, 4.69) is 5.32 Å². The summed E-state index contributed by atoms with van der Waals surface area (Å²) in [6, 6.07) is 5.52. The lowest BCUT2D eigenvalue weighted by Crippen LogP contribution is -2.38. The van der Waals surface area contributed by atoms with E-state index in [9.17, 15) is 14.0 Å². The molecule has 1 N–H and O–H groups in total. The summed E-state index contributed by atoms with van der Waals surface area (Å²) in [6.45, 7) is 0. The molecule has 5 heteroatoms. The van der Waals surface area contributed by atoms with E-state index in [1.165, 1.54) is 31.4 Å². The normalized spacial score (nSPS) is 22.1. The number of carbonyl (C=O) groups excluding carboxylic acids is 2. The molecule has 108 valence electrons. The van der Waals surface area contributed by atoms with Gasteiger partial charge in [-0.2, -0.15) is 0 Å². The standard InChI is InChI=1S/C15H18FNO3/c1-20-15(19)11-4-8-13(9-5-11)17-14(18)10-2-6-12(16)7-3-10/h2-3,6-7,11,13H,4-5,8-9H2,1H3,(H,17,18). The van der Waals surface area contributed by atoms with Crippen molar-refractivity contribution in [2.24, 2.45) is 5.92 Å².